The van der Waals surface area contributed by atoms with Crippen LogP contribution in [0.3, 0.4) is 0 Å². The molecule has 1 aromatic rings. The van der Waals surface area contributed by atoms with Gasteiger partial charge in [0.1, 0.15) is 12.7 Å². The predicted octanol–water partition coefficient (Wildman–Crippen LogP) is 0.720. The van der Waals surface area contributed by atoms with Gasteiger partial charge in [-0.1, -0.05) is 0 Å². The number of rotatable bonds is 1. The van der Waals surface area contributed by atoms with Gasteiger partial charge in [-0.3, -0.25) is 0 Å². The average molecular weight is 166 g/mol. The Balaban J connectivity index is 2.04. The first kappa shape index (κ1) is 7.73. The Morgan fingerprint density at radius 1 is 1.25 bits per heavy atom. The van der Waals surface area contributed by atoms with Crippen LogP contribution in [0, 0.1) is 0 Å². The zero-order chi connectivity index (χ0) is 8.39. The van der Waals surface area contributed by atoms with E-state index in [2.05, 4.69) is 14.8 Å². The van der Waals surface area contributed by atoms with Gasteiger partial charge in [0, 0.05) is 12.1 Å². The molecule has 0 amide bonds. The molecule has 4 heteroatoms. The molecule has 0 spiro atoms. The number of nitrogens with zero attached hydrogens (tertiary/aromatic N) is 3. The van der Waals surface area contributed by atoms with E-state index in [9.17, 15) is 0 Å². The van der Waals surface area contributed by atoms with Crippen LogP contribution in [0.1, 0.15) is 31.7 Å². The van der Waals surface area contributed by atoms with Crippen molar-refractivity contribution in [2.24, 2.45) is 5.73 Å². The second kappa shape index (κ2) is 3.23. The Morgan fingerprint density at radius 2 is 2.00 bits per heavy atom. The van der Waals surface area contributed by atoms with E-state index in [0.29, 0.717) is 12.1 Å². The summed E-state index contributed by atoms with van der Waals surface area (Å²) in [6, 6.07) is 0.898. The maximum Gasteiger partial charge on any atom is 0.119 e. The van der Waals surface area contributed by atoms with Gasteiger partial charge in [0.15, 0.2) is 0 Å². The minimum Gasteiger partial charge on any atom is -0.328 e. The molecule has 0 aromatic carbocycles. The van der Waals surface area contributed by atoms with Gasteiger partial charge in [-0.25, -0.2) is 0 Å². The molecule has 1 saturated carbocycles. The lowest BCUT2D eigenvalue weighted by molar-refractivity contribution is 0.319. The normalized spacial score (nSPS) is 30.4. The molecule has 0 unspecified atom stereocenters. The van der Waals surface area contributed by atoms with Crippen molar-refractivity contribution in [1.29, 1.82) is 0 Å². The van der Waals surface area contributed by atoms with Crippen LogP contribution < -0.4 is 5.73 Å². The van der Waals surface area contributed by atoms with Gasteiger partial charge in [0.25, 0.3) is 0 Å². The molecule has 2 rings (SSSR count). The molecule has 1 heterocycles. The summed E-state index contributed by atoms with van der Waals surface area (Å²) in [5, 5.41) is 7.59. The van der Waals surface area contributed by atoms with Crippen LogP contribution in [0.15, 0.2) is 12.7 Å². The third-order valence-corrected chi connectivity index (χ3v) is 2.55. The molecule has 0 radical (unpaired) electrons. The van der Waals surface area contributed by atoms with E-state index in [1.165, 1.54) is 19.3 Å². The quantitative estimate of drug-likeness (QED) is 0.668. The molecule has 1 aliphatic carbocycles. The minimum atomic E-state index is 0.367. The van der Waals surface area contributed by atoms with E-state index in [4.69, 9.17) is 5.73 Å². The first-order chi connectivity index (χ1) is 5.86. The predicted molar refractivity (Wildman–Crippen MR) is 45.5 cm³/mol. The summed E-state index contributed by atoms with van der Waals surface area (Å²) in [4.78, 5) is 0. The second-order valence-electron chi connectivity index (χ2n) is 3.49. The van der Waals surface area contributed by atoms with Crippen molar-refractivity contribution in [2.45, 2.75) is 37.8 Å². The van der Waals surface area contributed by atoms with Gasteiger partial charge in [-0.2, -0.15) is 0 Å². The monoisotopic (exact) mass is 166 g/mol. The summed E-state index contributed by atoms with van der Waals surface area (Å²) in [5.74, 6) is 0. The summed E-state index contributed by atoms with van der Waals surface area (Å²) < 4.78 is 2.07. The fraction of sp³-hybridized carbons (Fsp3) is 0.750. The lowest BCUT2D eigenvalue weighted by atomic mass is 9.91. The summed E-state index contributed by atoms with van der Waals surface area (Å²) in [6.07, 6.45) is 8.23. The van der Waals surface area contributed by atoms with Crippen LogP contribution in [0.4, 0.5) is 0 Å². The average Bonchev–Trinajstić information content (AvgIpc) is 2.56. The molecule has 66 valence electrons. The molecule has 4 nitrogen and oxygen atoms in total. The maximum absolute atomic E-state index is 5.88. The zero-order valence-electron chi connectivity index (χ0n) is 7.06. The highest BCUT2D eigenvalue weighted by atomic mass is 15.2. The van der Waals surface area contributed by atoms with Crippen molar-refractivity contribution >= 4 is 0 Å². The van der Waals surface area contributed by atoms with E-state index in [-0.39, 0.29) is 0 Å². The third-order valence-electron chi connectivity index (χ3n) is 2.55. The van der Waals surface area contributed by atoms with E-state index in [0.717, 1.165) is 6.42 Å². The van der Waals surface area contributed by atoms with Gasteiger partial charge in [-0.05, 0) is 25.7 Å². The summed E-state index contributed by atoms with van der Waals surface area (Å²) in [5.41, 5.74) is 5.88. The molecule has 2 atom stereocenters. The van der Waals surface area contributed by atoms with Gasteiger partial charge in [0.2, 0.25) is 0 Å². The van der Waals surface area contributed by atoms with Crippen LogP contribution in [-0.4, -0.2) is 20.8 Å². The molecule has 0 aliphatic heterocycles. The Labute approximate surface area is 71.8 Å². The van der Waals surface area contributed by atoms with Crippen molar-refractivity contribution < 1.29 is 0 Å². The van der Waals surface area contributed by atoms with Crippen LogP contribution in [0.5, 0.6) is 0 Å². The molecule has 1 aromatic heterocycles. The smallest absolute Gasteiger partial charge is 0.119 e. The largest absolute Gasteiger partial charge is 0.328 e. The molecular weight excluding hydrogens is 152 g/mol. The first-order valence-electron chi connectivity index (χ1n) is 4.46. The highest BCUT2D eigenvalue weighted by Crippen LogP contribution is 2.26. The fourth-order valence-corrected chi connectivity index (χ4v) is 1.87. The van der Waals surface area contributed by atoms with Crippen molar-refractivity contribution in [3.05, 3.63) is 12.7 Å². The standard InChI is InChI=1S/C8H14N4/c9-7-2-1-3-8(4-7)12-5-10-11-6-12/h5-8H,1-4,9H2/t7-,8+/m1/s1. The van der Waals surface area contributed by atoms with E-state index in [1.807, 2.05) is 0 Å². The van der Waals surface area contributed by atoms with E-state index >= 15 is 0 Å². The second-order valence-corrected chi connectivity index (χ2v) is 3.49. The van der Waals surface area contributed by atoms with E-state index in [1.54, 1.807) is 12.7 Å². The number of hydrogen-bond acceptors (Lipinski definition) is 3. The minimum absolute atomic E-state index is 0.367. The summed E-state index contributed by atoms with van der Waals surface area (Å²) in [7, 11) is 0. The van der Waals surface area contributed by atoms with Crippen LogP contribution >= 0.6 is 0 Å². The molecular formula is C8H14N4. The summed E-state index contributed by atoms with van der Waals surface area (Å²) >= 11 is 0. The molecule has 2 N–H and O–H groups in total. The lowest BCUT2D eigenvalue weighted by Crippen LogP contribution is -2.28. The SMILES string of the molecule is N[C@@H]1CCC[C@H](n2cnnc2)C1. The first-order valence-corrected chi connectivity index (χ1v) is 4.46. The highest BCUT2D eigenvalue weighted by Gasteiger charge is 2.19. The maximum atomic E-state index is 5.88. The molecule has 0 bridgehead atoms. The van der Waals surface area contributed by atoms with Gasteiger partial charge in [0.05, 0.1) is 0 Å². The van der Waals surface area contributed by atoms with Crippen molar-refractivity contribution in [3.63, 3.8) is 0 Å². The van der Waals surface area contributed by atoms with Crippen molar-refractivity contribution in [2.75, 3.05) is 0 Å². The van der Waals surface area contributed by atoms with Crippen LogP contribution in [0.2, 0.25) is 0 Å². The number of nitrogens with two attached hydrogens (primary N) is 1. The zero-order valence-corrected chi connectivity index (χ0v) is 7.06. The Bertz CT molecular complexity index is 231. The Kier molecular flexibility index (Phi) is 2.08. The fourth-order valence-electron chi connectivity index (χ4n) is 1.87. The van der Waals surface area contributed by atoms with Gasteiger partial charge < -0.3 is 10.3 Å². The van der Waals surface area contributed by atoms with Gasteiger partial charge >= 0.3 is 0 Å². The summed E-state index contributed by atoms with van der Waals surface area (Å²) in [6.45, 7) is 0. The van der Waals surface area contributed by atoms with Crippen molar-refractivity contribution in [3.8, 4) is 0 Å². The van der Waals surface area contributed by atoms with Crippen LogP contribution in [0.25, 0.3) is 0 Å². The third kappa shape index (κ3) is 1.48. The van der Waals surface area contributed by atoms with Crippen molar-refractivity contribution in [1.82, 2.24) is 14.8 Å². The molecule has 1 fully saturated rings. The Morgan fingerprint density at radius 3 is 2.67 bits per heavy atom. The van der Waals surface area contributed by atoms with E-state index < -0.39 is 0 Å². The Hall–Kier alpha value is -0.900. The molecule has 12 heavy (non-hydrogen) atoms. The number of hydrogen-bond donors (Lipinski definition) is 1. The van der Waals surface area contributed by atoms with Gasteiger partial charge in [-0.15, -0.1) is 10.2 Å². The molecule has 0 saturated heterocycles. The lowest BCUT2D eigenvalue weighted by Gasteiger charge is -2.26. The highest BCUT2D eigenvalue weighted by molar-refractivity contribution is 4.81. The topological polar surface area (TPSA) is 56.7 Å². The van der Waals surface area contributed by atoms with Crippen LogP contribution in [-0.2, 0) is 0 Å². The number of aromatic nitrogens is 3. The molecule has 1 aliphatic rings.